The van der Waals surface area contributed by atoms with Gasteiger partial charge in [0, 0.05) is 29.0 Å². The predicted octanol–water partition coefficient (Wildman–Crippen LogP) is 3.90. The van der Waals surface area contributed by atoms with Crippen molar-refractivity contribution in [1.82, 2.24) is 10.1 Å². The Kier molecular flexibility index (Phi) is 4.86. The van der Waals surface area contributed by atoms with Crippen LogP contribution in [0.25, 0.3) is 0 Å². The number of aryl methyl sites for hydroxylation is 2. The molecule has 0 aliphatic heterocycles. The van der Waals surface area contributed by atoms with E-state index in [0.717, 1.165) is 11.3 Å². The lowest BCUT2D eigenvalue weighted by molar-refractivity contribution is -0.116. The molecule has 0 spiro atoms. The maximum absolute atomic E-state index is 12.0. The Balaban J connectivity index is 1.93. The number of carbonyl (C=O) groups excluding carboxylic acids is 1. The van der Waals surface area contributed by atoms with Gasteiger partial charge in [0.05, 0.1) is 0 Å². The van der Waals surface area contributed by atoms with Gasteiger partial charge in [-0.1, -0.05) is 43.6 Å². The number of anilines is 1. The maximum atomic E-state index is 12.0. The van der Waals surface area contributed by atoms with Crippen molar-refractivity contribution in [3.05, 3.63) is 40.5 Å². The van der Waals surface area contributed by atoms with Crippen molar-refractivity contribution in [2.75, 3.05) is 5.32 Å². The highest BCUT2D eigenvalue weighted by Gasteiger charge is 2.21. The Bertz CT molecular complexity index is 674. The summed E-state index contributed by atoms with van der Waals surface area (Å²) >= 11 is 5.93. The number of rotatable bonds is 4. The molecule has 0 fully saturated rings. The Labute approximate surface area is 135 Å². The lowest BCUT2D eigenvalue weighted by Gasteiger charge is -2.10. The molecule has 0 saturated carbocycles. The third kappa shape index (κ3) is 4.31. The predicted molar refractivity (Wildman–Crippen MR) is 86.1 cm³/mol. The summed E-state index contributed by atoms with van der Waals surface area (Å²) in [6, 6.07) is 5.39. The fraction of sp³-hybridized carbons (Fsp3) is 0.438. The van der Waals surface area contributed by atoms with Gasteiger partial charge >= 0.3 is 0 Å². The molecule has 1 aromatic heterocycles. The summed E-state index contributed by atoms with van der Waals surface area (Å²) in [5.41, 5.74) is 1.52. The van der Waals surface area contributed by atoms with Crippen LogP contribution in [0.3, 0.4) is 0 Å². The highest BCUT2D eigenvalue weighted by molar-refractivity contribution is 6.31. The fourth-order valence-corrected chi connectivity index (χ4v) is 2.00. The largest absolute Gasteiger partial charge is 0.339 e. The molecule has 5 nitrogen and oxygen atoms in total. The number of nitrogens with one attached hydrogen (secondary N) is 1. The second kappa shape index (κ2) is 6.48. The normalized spacial score (nSPS) is 11.5. The first-order chi connectivity index (χ1) is 10.3. The van der Waals surface area contributed by atoms with E-state index in [1.807, 2.05) is 33.8 Å². The summed E-state index contributed by atoms with van der Waals surface area (Å²) in [6.45, 7) is 7.95. The highest BCUT2D eigenvalue weighted by Crippen LogP contribution is 2.21. The summed E-state index contributed by atoms with van der Waals surface area (Å²) < 4.78 is 5.17. The van der Waals surface area contributed by atoms with Crippen molar-refractivity contribution in [3.8, 4) is 0 Å². The van der Waals surface area contributed by atoms with Crippen LogP contribution in [0.1, 0.15) is 44.5 Å². The van der Waals surface area contributed by atoms with Crippen molar-refractivity contribution < 1.29 is 9.32 Å². The molecule has 0 bridgehead atoms. The zero-order chi connectivity index (χ0) is 16.3. The van der Waals surface area contributed by atoms with Gasteiger partial charge in [-0.3, -0.25) is 4.79 Å². The van der Waals surface area contributed by atoms with E-state index in [1.54, 1.807) is 12.1 Å². The Morgan fingerprint density at radius 2 is 2.09 bits per heavy atom. The highest BCUT2D eigenvalue weighted by atomic mass is 35.5. The van der Waals surface area contributed by atoms with Crippen LogP contribution in [0.15, 0.2) is 22.7 Å². The molecule has 2 aromatic rings. The first kappa shape index (κ1) is 16.5. The van der Waals surface area contributed by atoms with Crippen LogP contribution >= 0.6 is 11.6 Å². The van der Waals surface area contributed by atoms with E-state index in [9.17, 15) is 4.79 Å². The Morgan fingerprint density at radius 3 is 2.73 bits per heavy atom. The van der Waals surface area contributed by atoms with Gasteiger partial charge in [-0.25, -0.2) is 0 Å². The molecule has 0 radical (unpaired) electrons. The third-order valence-electron chi connectivity index (χ3n) is 3.18. The monoisotopic (exact) mass is 321 g/mol. The average Bonchev–Trinajstić information content (AvgIpc) is 2.89. The van der Waals surface area contributed by atoms with E-state index in [2.05, 4.69) is 15.5 Å². The minimum absolute atomic E-state index is 0.110. The first-order valence-corrected chi connectivity index (χ1v) is 7.52. The first-order valence-electron chi connectivity index (χ1n) is 7.15. The molecule has 1 N–H and O–H groups in total. The van der Waals surface area contributed by atoms with E-state index >= 15 is 0 Å². The van der Waals surface area contributed by atoms with Gasteiger partial charge in [-0.2, -0.15) is 4.98 Å². The van der Waals surface area contributed by atoms with Crippen molar-refractivity contribution >= 4 is 23.2 Å². The maximum Gasteiger partial charge on any atom is 0.227 e. The minimum atomic E-state index is -0.165. The van der Waals surface area contributed by atoms with Crippen LogP contribution in [0, 0.1) is 6.92 Å². The van der Waals surface area contributed by atoms with Gasteiger partial charge in [0.2, 0.25) is 11.8 Å². The van der Waals surface area contributed by atoms with Gasteiger partial charge < -0.3 is 9.84 Å². The number of hydrogen-bond donors (Lipinski definition) is 1. The van der Waals surface area contributed by atoms with E-state index in [0.29, 0.717) is 23.2 Å². The molecule has 0 saturated heterocycles. The van der Waals surface area contributed by atoms with Gasteiger partial charge in [0.1, 0.15) is 0 Å². The number of amides is 1. The molecule has 1 amide bonds. The molecule has 2 rings (SSSR count). The number of hydrogen-bond acceptors (Lipinski definition) is 4. The number of benzene rings is 1. The van der Waals surface area contributed by atoms with Crippen LogP contribution in [0.4, 0.5) is 5.69 Å². The van der Waals surface area contributed by atoms with E-state index in [-0.39, 0.29) is 17.7 Å². The molecule has 118 valence electrons. The lowest BCUT2D eigenvalue weighted by atomic mass is 9.96. The molecular formula is C16H20ClN3O2. The number of carbonyl (C=O) groups is 1. The molecule has 0 aliphatic rings. The quantitative estimate of drug-likeness (QED) is 0.927. The molecule has 1 aromatic carbocycles. The Morgan fingerprint density at radius 1 is 1.36 bits per heavy atom. The molecular weight excluding hydrogens is 302 g/mol. The fourth-order valence-electron chi connectivity index (χ4n) is 1.82. The van der Waals surface area contributed by atoms with E-state index in [1.165, 1.54) is 0 Å². The number of aromatic nitrogens is 2. The molecule has 6 heteroatoms. The second-order valence-electron chi connectivity index (χ2n) is 6.27. The van der Waals surface area contributed by atoms with Gasteiger partial charge in [0.15, 0.2) is 5.82 Å². The van der Waals surface area contributed by atoms with Crippen molar-refractivity contribution in [1.29, 1.82) is 0 Å². The van der Waals surface area contributed by atoms with Crippen molar-refractivity contribution in [2.45, 2.75) is 46.0 Å². The summed E-state index contributed by atoms with van der Waals surface area (Å²) in [4.78, 5) is 16.3. The van der Waals surface area contributed by atoms with Crippen LogP contribution in [0.5, 0.6) is 0 Å². The SMILES string of the molecule is Cc1ccc(Cl)cc1NC(=O)CCc1nc(C(C)(C)C)no1. The van der Waals surface area contributed by atoms with E-state index in [4.69, 9.17) is 16.1 Å². The van der Waals surface area contributed by atoms with Gasteiger partial charge in [-0.15, -0.1) is 0 Å². The van der Waals surface area contributed by atoms with Crippen LogP contribution < -0.4 is 5.32 Å². The van der Waals surface area contributed by atoms with Crippen molar-refractivity contribution in [2.24, 2.45) is 0 Å². The molecule has 0 unspecified atom stereocenters. The second-order valence-corrected chi connectivity index (χ2v) is 6.71. The lowest BCUT2D eigenvalue weighted by Crippen LogP contribution is -2.14. The van der Waals surface area contributed by atoms with Crippen LogP contribution in [-0.2, 0) is 16.6 Å². The zero-order valence-corrected chi connectivity index (χ0v) is 14.0. The van der Waals surface area contributed by atoms with Crippen molar-refractivity contribution in [3.63, 3.8) is 0 Å². The summed E-state index contributed by atoms with van der Waals surface area (Å²) in [6.07, 6.45) is 0.687. The topological polar surface area (TPSA) is 68.0 Å². The molecule has 1 heterocycles. The standard InChI is InChI=1S/C16H20ClN3O2/c1-10-5-6-11(17)9-12(10)18-13(21)7-8-14-19-15(20-22-14)16(2,3)4/h5-6,9H,7-8H2,1-4H3,(H,18,21). The summed E-state index contributed by atoms with van der Waals surface area (Å²) in [5, 5.41) is 7.38. The number of nitrogens with zero attached hydrogens (tertiary/aromatic N) is 2. The van der Waals surface area contributed by atoms with Crippen LogP contribution in [-0.4, -0.2) is 16.0 Å². The summed E-state index contributed by atoms with van der Waals surface area (Å²) in [7, 11) is 0. The third-order valence-corrected chi connectivity index (χ3v) is 3.41. The molecule has 0 atom stereocenters. The molecule has 22 heavy (non-hydrogen) atoms. The van der Waals surface area contributed by atoms with Gasteiger partial charge in [-0.05, 0) is 24.6 Å². The average molecular weight is 322 g/mol. The zero-order valence-electron chi connectivity index (χ0n) is 13.2. The Hall–Kier alpha value is -1.88. The number of halogens is 1. The minimum Gasteiger partial charge on any atom is -0.339 e. The van der Waals surface area contributed by atoms with Crippen LogP contribution in [0.2, 0.25) is 5.02 Å². The smallest absolute Gasteiger partial charge is 0.227 e. The molecule has 0 aliphatic carbocycles. The van der Waals surface area contributed by atoms with Gasteiger partial charge in [0.25, 0.3) is 0 Å². The van der Waals surface area contributed by atoms with E-state index < -0.39 is 0 Å². The summed E-state index contributed by atoms with van der Waals surface area (Å²) in [5.74, 6) is 1.01.